The van der Waals surface area contributed by atoms with Gasteiger partial charge in [0.25, 0.3) is 5.91 Å². The lowest BCUT2D eigenvalue weighted by molar-refractivity contribution is -0.131. The van der Waals surface area contributed by atoms with Crippen molar-refractivity contribution in [1.29, 1.82) is 0 Å². The largest absolute Gasteiger partial charge is 0.507 e. The van der Waals surface area contributed by atoms with Gasteiger partial charge in [-0.3, -0.25) is 4.79 Å². The number of nitrogens with zero attached hydrogens (tertiary/aromatic N) is 4. The van der Waals surface area contributed by atoms with E-state index in [9.17, 15) is 9.90 Å². The molecule has 0 saturated carbocycles. The molecule has 0 saturated heterocycles. The molecule has 0 unspecified atom stereocenters. The van der Waals surface area contributed by atoms with Gasteiger partial charge in [0, 0.05) is 36.5 Å². The molecular formula is C17H16N4O2S. The summed E-state index contributed by atoms with van der Waals surface area (Å²) in [7, 11) is 0. The lowest BCUT2D eigenvalue weighted by Gasteiger charge is -2.24. The van der Waals surface area contributed by atoms with E-state index in [1.54, 1.807) is 12.1 Å². The number of carbonyl (C=O) groups excluding carboxylic acids is 1. The summed E-state index contributed by atoms with van der Waals surface area (Å²) in [6.07, 6.45) is 6.43. The molecule has 7 heteroatoms. The monoisotopic (exact) mass is 340 g/mol. The number of amides is 1. The maximum absolute atomic E-state index is 12.5. The third-order valence-electron chi connectivity index (χ3n) is 4.13. The SMILES string of the molecule is O=C(CN1C=Cc2sncc2C1)N1CCC(c2ccccc2O)=N1. The summed E-state index contributed by atoms with van der Waals surface area (Å²) in [6, 6.07) is 7.08. The van der Waals surface area contributed by atoms with Gasteiger partial charge >= 0.3 is 0 Å². The Kier molecular flexibility index (Phi) is 3.78. The van der Waals surface area contributed by atoms with Gasteiger partial charge in [0.2, 0.25) is 0 Å². The Morgan fingerprint density at radius 2 is 2.21 bits per heavy atom. The Hall–Kier alpha value is -2.67. The fraction of sp³-hybridized carbons (Fsp3) is 0.235. The van der Waals surface area contributed by atoms with Crippen LogP contribution >= 0.6 is 11.5 Å². The molecule has 2 aliphatic heterocycles. The highest BCUT2D eigenvalue weighted by molar-refractivity contribution is 7.06. The molecule has 1 aromatic carbocycles. The standard InChI is InChI=1S/C17H16N4O2S/c22-15-4-2-1-3-13(15)14-5-8-21(19-14)17(23)11-20-7-6-16-12(10-20)9-18-24-16/h1-4,6-7,9,22H,5,8,10-11H2. The molecule has 2 aliphatic rings. The zero-order valence-electron chi connectivity index (χ0n) is 12.9. The average molecular weight is 340 g/mol. The molecule has 1 N–H and O–H groups in total. The molecule has 0 bridgehead atoms. The van der Waals surface area contributed by atoms with E-state index in [2.05, 4.69) is 9.47 Å². The number of fused-ring (bicyclic) bond motifs is 1. The minimum atomic E-state index is -0.0447. The zero-order valence-corrected chi connectivity index (χ0v) is 13.7. The summed E-state index contributed by atoms with van der Waals surface area (Å²) >= 11 is 1.47. The molecule has 0 atom stereocenters. The molecule has 4 rings (SSSR count). The van der Waals surface area contributed by atoms with Gasteiger partial charge < -0.3 is 10.0 Å². The second kappa shape index (κ2) is 6.09. The van der Waals surface area contributed by atoms with Crippen LogP contribution in [0.15, 0.2) is 41.8 Å². The summed E-state index contributed by atoms with van der Waals surface area (Å²) in [5, 5.41) is 15.8. The number of hydrogen-bond acceptors (Lipinski definition) is 6. The van der Waals surface area contributed by atoms with Crippen molar-refractivity contribution < 1.29 is 9.90 Å². The Bertz CT molecular complexity index is 843. The quantitative estimate of drug-likeness (QED) is 0.931. The van der Waals surface area contributed by atoms with Gasteiger partial charge in [-0.05, 0) is 29.7 Å². The minimum Gasteiger partial charge on any atom is -0.507 e. The van der Waals surface area contributed by atoms with Gasteiger partial charge in [-0.2, -0.15) is 5.10 Å². The normalized spacial score (nSPS) is 16.2. The number of rotatable bonds is 3. The van der Waals surface area contributed by atoms with Crippen molar-refractivity contribution in [3.8, 4) is 5.75 Å². The molecule has 122 valence electrons. The van der Waals surface area contributed by atoms with Crippen LogP contribution in [0.3, 0.4) is 0 Å². The summed E-state index contributed by atoms with van der Waals surface area (Å²) in [6.45, 7) is 1.52. The summed E-state index contributed by atoms with van der Waals surface area (Å²) in [5.74, 6) is 0.152. The van der Waals surface area contributed by atoms with Crippen LogP contribution in [0.2, 0.25) is 0 Å². The van der Waals surface area contributed by atoms with Gasteiger partial charge in [0.1, 0.15) is 5.75 Å². The fourth-order valence-corrected chi connectivity index (χ4v) is 3.53. The van der Waals surface area contributed by atoms with E-state index in [1.165, 1.54) is 16.5 Å². The number of hydrogen-bond donors (Lipinski definition) is 1. The molecule has 1 amide bonds. The summed E-state index contributed by atoms with van der Waals surface area (Å²) in [4.78, 5) is 15.6. The molecule has 0 fully saturated rings. The number of hydrazone groups is 1. The Balaban J connectivity index is 1.44. The van der Waals surface area contributed by atoms with E-state index < -0.39 is 0 Å². The number of phenols is 1. The number of para-hydroxylation sites is 1. The van der Waals surface area contributed by atoms with E-state index in [-0.39, 0.29) is 18.2 Å². The van der Waals surface area contributed by atoms with Crippen molar-refractivity contribution in [1.82, 2.24) is 14.3 Å². The van der Waals surface area contributed by atoms with Gasteiger partial charge in [-0.25, -0.2) is 9.38 Å². The second-order valence-corrected chi connectivity index (χ2v) is 6.60. The lowest BCUT2D eigenvalue weighted by Crippen LogP contribution is -2.34. The molecule has 0 spiro atoms. The highest BCUT2D eigenvalue weighted by Crippen LogP contribution is 2.24. The van der Waals surface area contributed by atoms with Gasteiger partial charge in [-0.1, -0.05) is 12.1 Å². The van der Waals surface area contributed by atoms with Crippen LogP contribution in [0, 0.1) is 0 Å². The highest BCUT2D eigenvalue weighted by atomic mass is 32.1. The Morgan fingerprint density at radius 3 is 3.08 bits per heavy atom. The van der Waals surface area contributed by atoms with Crippen molar-refractivity contribution >= 4 is 29.2 Å². The predicted octanol–water partition coefficient (Wildman–Crippen LogP) is 2.27. The summed E-state index contributed by atoms with van der Waals surface area (Å²) < 4.78 is 4.17. The van der Waals surface area contributed by atoms with E-state index >= 15 is 0 Å². The van der Waals surface area contributed by atoms with Crippen LogP contribution in [0.5, 0.6) is 5.75 Å². The van der Waals surface area contributed by atoms with E-state index in [4.69, 9.17) is 0 Å². The van der Waals surface area contributed by atoms with Crippen LogP contribution in [0.4, 0.5) is 0 Å². The topological polar surface area (TPSA) is 69.0 Å². The van der Waals surface area contributed by atoms with Crippen LogP contribution in [-0.2, 0) is 11.3 Å². The maximum atomic E-state index is 12.5. The van der Waals surface area contributed by atoms with Crippen molar-refractivity contribution in [2.45, 2.75) is 13.0 Å². The van der Waals surface area contributed by atoms with Crippen molar-refractivity contribution in [3.63, 3.8) is 0 Å². The first kappa shape index (κ1) is 14.9. The van der Waals surface area contributed by atoms with E-state index in [0.29, 0.717) is 25.1 Å². The van der Waals surface area contributed by atoms with Gasteiger partial charge in [-0.15, -0.1) is 0 Å². The molecular weight excluding hydrogens is 324 g/mol. The second-order valence-electron chi connectivity index (χ2n) is 5.77. The van der Waals surface area contributed by atoms with Crippen molar-refractivity contribution in [2.24, 2.45) is 5.10 Å². The number of carbonyl (C=O) groups is 1. The zero-order chi connectivity index (χ0) is 16.5. The smallest absolute Gasteiger partial charge is 0.262 e. The first-order valence-corrected chi connectivity index (χ1v) is 8.50. The predicted molar refractivity (Wildman–Crippen MR) is 92.5 cm³/mol. The maximum Gasteiger partial charge on any atom is 0.262 e. The van der Waals surface area contributed by atoms with Crippen LogP contribution in [-0.4, -0.2) is 44.1 Å². The Morgan fingerprint density at radius 1 is 1.33 bits per heavy atom. The average Bonchev–Trinajstić information content (AvgIpc) is 3.24. The number of aromatic nitrogens is 1. The number of benzene rings is 1. The van der Waals surface area contributed by atoms with Crippen molar-refractivity contribution in [3.05, 3.63) is 52.7 Å². The van der Waals surface area contributed by atoms with Crippen LogP contribution < -0.4 is 0 Å². The van der Waals surface area contributed by atoms with Gasteiger partial charge in [0.15, 0.2) is 0 Å². The van der Waals surface area contributed by atoms with Crippen LogP contribution in [0.1, 0.15) is 22.4 Å². The lowest BCUT2D eigenvalue weighted by atomic mass is 10.1. The third kappa shape index (κ3) is 2.78. The van der Waals surface area contributed by atoms with Crippen LogP contribution in [0.25, 0.3) is 6.08 Å². The highest BCUT2D eigenvalue weighted by Gasteiger charge is 2.24. The third-order valence-corrected chi connectivity index (χ3v) is 4.94. The number of phenolic OH excluding ortho intramolecular Hbond substituents is 1. The van der Waals surface area contributed by atoms with Gasteiger partial charge in [0.05, 0.1) is 23.7 Å². The molecule has 3 heterocycles. The summed E-state index contributed by atoms with van der Waals surface area (Å²) in [5.41, 5.74) is 2.59. The first-order valence-electron chi connectivity index (χ1n) is 7.73. The van der Waals surface area contributed by atoms with Crippen molar-refractivity contribution in [2.75, 3.05) is 13.1 Å². The fourth-order valence-electron chi connectivity index (χ4n) is 2.88. The molecule has 6 nitrogen and oxygen atoms in total. The molecule has 24 heavy (non-hydrogen) atoms. The molecule has 2 aromatic rings. The molecule has 0 radical (unpaired) electrons. The Labute approximate surface area is 143 Å². The minimum absolute atomic E-state index is 0.0447. The molecule has 0 aliphatic carbocycles. The first-order chi connectivity index (χ1) is 11.7. The van der Waals surface area contributed by atoms with E-state index in [0.717, 1.165) is 16.2 Å². The number of aromatic hydroxyl groups is 1. The molecule has 1 aromatic heterocycles. The van der Waals surface area contributed by atoms with E-state index in [1.807, 2.05) is 35.5 Å².